The van der Waals surface area contributed by atoms with E-state index < -0.39 is 0 Å². The first-order valence-corrected chi connectivity index (χ1v) is 7.44. The van der Waals surface area contributed by atoms with Gasteiger partial charge in [-0.25, -0.2) is 4.98 Å². The number of aromatic nitrogens is 2. The largest absolute Gasteiger partial charge is 0.327 e. The van der Waals surface area contributed by atoms with Crippen LogP contribution < -0.4 is 5.73 Å². The molecule has 3 nitrogen and oxygen atoms in total. The number of benzene rings is 2. The van der Waals surface area contributed by atoms with E-state index in [1.165, 1.54) is 0 Å². The fraction of sp³-hybridized carbons (Fsp3) is 0.278. The zero-order valence-electron chi connectivity index (χ0n) is 12.5. The summed E-state index contributed by atoms with van der Waals surface area (Å²) in [6, 6.07) is 18.7. The third-order valence-corrected chi connectivity index (χ3v) is 3.92. The molecule has 0 bridgehead atoms. The van der Waals surface area contributed by atoms with Crippen LogP contribution >= 0.6 is 0 Å². The second-order valence-corrected chi connectivity index (χ2v) is 5.80. The van der Waals surface area contributed by atoms with Gasteiger partial charge in [-0.15, -0.1) is 0 Å². The van der Waals surface area contributed by atoms with E-state index in [2.05, 4.69) is 60.9 Å². The number of hydrogen-bond acceptors (Lipinski definition) is 2. The van der Waals surface area contributed by atoms with Gasteiger partial charge in [0, 0.05) is 18.2 Å². The number of fused-ring (bicyclic) bond motifs is 1. The first kappa shape index (κ1) is 13.8. The lowest BCUT2D eigenvalue weighted by atomic mass is 10.0. The van der Waals surface area contributed by atoms with Crippen LogP contribution in [0.4, 0.5) is 0 Å². The highest BCUT2D eigenvalue weighted by atomic mass is 15.1. The average molecular weight is 279 g/mol. The highest BCUT2D eigenvalue weighted by molar-refractivity contribution is 5.78. The van der Waals surface area contributed by atoms with E-state index >= 15 is 0 Å². The molecule has 21 heavy (non-hydrogen) atoms. The molecule has 0 aliphatic carbocycles. The van der Waals surface area contributed by atoms with E-state index in [1.54, 1.807) is 0 Å². The predicted molar refractivity (Wildman–Crippen MR) is 87.6 cm³/mol. The van der Waals surface area contributed by atoms with E-state index in [0.717, 1.165) is 29.0 Å². The smallest absolute Gasteiger partial charge is 0.116 e. The number of hydrogen-bond donors (Lipinski definition) is 1. The van der Waals surface area contributed by atoms with E-state index in [1.807, 2.05) is 12.1 Å². The van der Waals surface area contributed by atoms with Crippen LogP contribution in [-0.4, -0.2) is 15.6 Å². The molecule has 0 radical (unpaired) electrons. The van der Waals surface area contributed by atoms with Crippen LogP contribution in [0, 0.1) is 5.92 Å². The Morgan fingerprint density at radius 1 is 1.00 bits per heavy atom. The van der Waals surface area contributed by atoms with Gasteiger partial charge < -0.3 is 5.73 Å². The lowest BCUT2D eigenvalue weighted by molar-refractivity contribution is 0.480. The molecular weight excluding hydrogens is 258 g/mol. The first-order valence-electron chi connectivity index (χ1n) is 7.44. The second kappa shape index (κ2) is 5.70. The van der Waals surface area contributed by atoms with E-state index in [9.17, 15) is 0 Å². The Kier molecular flexibility index (Phi) is 3.76. The van der Waals surface area contributed by atoms with Crippen molar-refractivity contribution in [2.24, 2.45) is 11.7 Å². The van der Waals surface area contributed by atoms with Gasteiger partial charge in [-0.1, -0.05) is 44.2 Å². The molecule has 0 saturated carbocycles. The Hall–Kier alpha value is -2.13. The van der Waals surface area contributed by atoms with Crippen molar-refractivity contribution >= 4 is 11.0 Å². The summed E-state index contributed by atoms with van der Waals surface area (Å²) in [4.78, 5) is 4.79. The van der Waals surface area contributed by atoms with Gasteiger partial charge in [-0.2, -0.15) is 0 Å². The maximum Gasteiger partial charge on any atom is 0.116 e. The van der Waals surface area contributed by atoms with Crippen molar-refractivity contribution in [2.45, 2.75) is 26.3 Å². The van der Waals surface area contributed by atoms with E-state index in [4.69, 9.17) is 10.7 Å². The van der Waals surface area contributed by atoms with Crippen LogP contribution in [-0.2, 0) is 6.42 Å². The lowest BCUT2D eigenvalue weighted by Gasteiger charge is -2.16. The van der Waals surface area contributed by atoms with Crippen LogP contribution in [0.3, 0.4) is 0 Å². The van der Waals surface area contributed by atoms with Crippen molar-refractivity contribution < 1.29 is 0 Å². The summed E-state index contributed by atoms with van der Waals surface area (Å²) in [5.74, 6) is 1.47. The number of nitrogens with two attached hydrogens (primary N) is 1. The monoisotopic (exact) mass is 279 g/mol. The summed E-state index contributed by atoms with van der Waals surface area (Å²) in [6.07, 6.45) is 0.779. The molecule has 0 fully saturated rings. The summed E-state index contributed by atoms with van der Waals surface area (Å²) < 4.78 is 2.22. The molecule has 3 heteroatoms. The molecular formula is C18H21N3. The minimum absolute atomic E-state index is 0.115. The maximum atomic E-state index is 6.26. The minimum Gasteiger partial charge on any atom is -0.327 e. The van der Waals surface area contributed by atoms with Gasteiger partial charge >= 0.3 is 0 Å². The van der Waals surface area contributed by atoms with E-state index in [0.29, 0.717) is 5.92 Å². The Morgan fingerprint density at radius 2 is 1.67 bits per heavy atom. The second-order valence-electron chi connectivity index (χ2n) is 5.80. The molecule has 108 valence electrons. The lowest BCUT2D eigenvalue weighted by Crippen LogP contribution is -2.30. The highest BCUT2D eigenvalue weighted by Gasteiger charge is 2.16. The number of imidazole rings is 1. The summed E-state index contributed by atoms with van der Waals surface area (Å²) >= 11 is 0. The van der Waals surface area contributed by atoms with Crippen molar-refractivity contribution in [2.75, 3.05) is 0 Å². The molecule has 3 rings (SSSR count). The fourth-order valence-corrected chi connectivity index (χ4v) is 2.52. The number of nitrogens with zero attached hydrogens (tertiary/aromatic N) is 2. The van der Waals surface area contributed by atoms with Gasteiger partial charge in [0.1, 0.15) is 5.82 Å². The standard InChI is InChI=1S/C18H21N3/c1-13(2)15(19)12-18-20-16-10-6-7-11-17(16)21(18)14-8-4-3-5-9-14/h3-11,13,15H,12,19H2,1-2H3. The molecule has 0 aliphatic rings. The molecule has 0 spiro atoms. The normalized spacial score (nSPS) is 13.0. The molecule has 1 atom stereocenters. The number of rotatable bonds is 4. The van der Waals surface area contributed by atoms with Crippen LogP contribution in [0.2, 0.25) is 0 Å². The molecule has 1 heterocycles. The topological polar surface area (TPSA) is 43.8 Å². The summed E-state index contributed by atoms with van der Waals surface area (Å²) in [7, 11) is 0. The van der Waals surface area contributed by atoms with Crippen molar-refractivity contribution in [1.29, 1.82) is 0 Å². The third kappa shape index (κ3) is 2.69. The zero-order valence-corrected chi connectivity index (χ0v) is 12.5. The zero-order chi connectivity index (χ0) is 14.8. The summed E-state index contributed by atoms with van der Waals surface area (Å²) in [6.45, 7) is 4.31. The summed E-state index contributed by atoms with van der Waals surface area (Å²) in [5, 5.41) is 0. The van der Waals surface area contributed by atoms with Gasteiger partial charge in [0.2, 0.25) is 0 Å². The van der Waals surface area contributed by atoms with Crippen LogP contribution in [0.1, 0.15) is 19.7 Å². The van der Waals surface area contributed by atoms with Crippen LogP contribution in [0.25, 0.3) is 16.7 Å². The van der Waals surface area contributed by atoms with Gasteiger partial charge in [-0.3, -0.25) is 4.57 Å². The fourth-order valence-electron chi connectivity index (χ4n) is 2.52. The van der Waals surface area contributed by atoms with Crippen LogP contribution in [0.5, 0.6) is 0 Å². The highest BCUT2D eigenvalue weighted by Crippen LogP contribution is 2.22. The molecule has 0 saturated heterocycles. The van der Waals surface area contributed by atoms with Crippen molar-refractivity contribution in [3.05, 3.63) is 60.4 Å². The maximum absolute atomic E-state index is 6.26. The first-order chi connectivity index (χ1) is 10.2. The number of para-hydroxylation sites is 3. The van der Waals surface area contributed by atoms with Crippen molar-refractivity contribution in [1.82, 2.24) is 9.55 Å². The molecule has 1 unspecified atom stereocenters. The van der Waals surface area contributed by atoms with Crippen molar-refractivity contribution in [3.8, 4) is 5.69 Å². The quantitative estimate of drug-likeness (QED) is 0.793. The Balaban J connectivity index is 2.15. The third-order valence-electron chi connectivity index (χ3n) is 3.92. The molecule has 2 N–H and O–H groups in total. The summed E-state index contributed by atoms with van der Waals surface area (Å²) in [5.41, 5.74) is 9.55. The minimum atomic E-state index is 0.115. The Labute approximate surface area is 125 Å². The molecule has 0 amide bonds. The Morgan fingerprint density at radius 3 is 2.38 bits per heavy atom. The van der Waals surface area contributed by atoms with Gasteiger partial charge in [-0.05, 0) is 30.2 Å². The Bertz CT molecular complexity index is 729. The van der Waals surface area contributed by atoms with Gasteiger partial charge in [0.15, 0.2) is 0 Å². The van der Waals surface area contributed by atoms with E-state index in [-0.39, 0.29) is 6.04 Å². The average Bonchev–Trinajstić information content (AvgIpc) is 2.85. The molecule has 2 aromatic carbocycles. The molecule has 3 aromatic rings. The van der Waals surface area contributed by atoms with Gasteiger partial charge in [0.25, 0.3) is 0 Å². The SMILES string of the molecule is CC(C)C(N)Cc1nc2ccccc2n1-c1ccccc1. The van der Waals surface area contributed by atoms with Crippen molar-refractivity contribution in [3.63, 3.8) is 0 Å². The predicted octanol–water partition coefficient (Wildman–Crippen LogP) is 3.55. The van der Waals surface area contributed by atoms with Gasteiger partial charge in [0.05, 0.1) is 11.0 Å². The molecule has 0 aliphatic heterocycles. The molecule has 1 aromatic heterocycles. The van der Waals surface area contributed by atoms with Crippen LogP contribution in [0.15, 0.2) is 54.6 Å².